The molecule has 2 aromatic heterocycles. The number of fused-ring (bicyclic) bond motifs is 1. The number of rotatable bonds is 5. The number of pyridine rings is 1. The van der Waals surface area contributed by atoms with Gasteiger partial charge in [0.2, 0.25) is 0 Å². The molecule has 0 saturated carbocycles. The number of benzene rings is 1. The van der Waals surface area contributed by atoms with Gasteiger partial charge in [-0.15, -0.1) is 0 Å². The standard InChI is InChI=1S/C14H11Cl2N3O3S/c1-23-19-13-9-4-10(15)7(2-12(9)22-18-13)6-21-8-3-11(16)14(20)17-5-8/h2-5H,6H2,1H3,(H,17,20)(H,18,19). The van der Waals surface area contributed by atoms with Crippen molar-refractivity contribution in [3.05, 3.63) is 50.4 Å². The summed E-state index contributed by atoms with van der Waals surface area (Å²) in [6.45, 7) is 0.198. The zero-order valence-corrected chi connectivity index (χ0v) is 14.2. The molecule has 0 radical (unpaired) electrons. The SMILES string of the molecule is CSNc1noc2cc(COc3c[nH]c(=O)c(Cl)c3)c(Cl)cc12. The summed E-state index contributed by atoms with van der Waals surface area (Å²) in [6.07, 6.45) is 3.33. The van der Waals surface area contributed by atoms with Crippen molar-refractivity contribution < 1.29 is 9.26 Å². The summed E-state index contributed by atoms with van der Waals surface area (Å²) in [5.41, 5.74) is 0.964. The summed E-state index contributed by atoms with van der Waals surface area (Å²) in [5.74, 6) is 1.06. The van der Waals surface area contributed by atoms with Gasteiger partial charge in [0.15, 0.2) is 11.4 Å². The van der Waals surface area contributed by atoms with Crippen LogP contribution in [0.2, 0.25) is 10.0 Å². The molecule has 0 atom stereocenters. The van der Waals surface area contributed by atoms with Gasteiger partial charge in [0.1, 0.15) is 17.4 Å². The van der Waals surface area contributed by atoms with Crippen molar-refractivity contribution in [3.8, 4) is 5.75 Å². The summed E-state index contributed by atoms with van der Waals surface area (Å²) in [4.78, 5) is 13.7. The second-order valence-electron chi connectivity index (χ2n) is 4.58. The number of aromatic nitrogens is 2. The molecule has 1 aromatic carbocycles. The van der Waals surface area contributed by atoms with Gasteiger partial charge >= 0.3 is 0 Å². The lowest BCUT2D eigenvalue weighted by atomic mass is 10.2. The summed E-state index contributed by atoms with van der Waals surface area (Å²) >= 11 is 13.5. The minimum Gasteiger partial charge on any atom is -0.487 e. The molecule has 0 spiro atoms. The van der Waals surface area contributed by atoms with Crippen LogP contribution < -0.4 is 15.0 Å². The van der Waals surface area contributed by atoms with Crippen LogP contribution in [0.4, 0.5) is 5.82 Å². The lowest BCUT2D eigenvalue weighted by Gasteiger charge is -2.08. The van der Waals surface area contributed by atoms with Gasteiger partial charge in [0, 0.05) is 29.1 Å². The Kier molecular flexibility index (Phi) is 4.70. The second kappa shape index (κ2) is 6.74. The van der Waals surface area contributed by atoms with Gasteiger partial charge in [0.25, 0.3) is 5.56 Å². The van der Waals surface area contributed by atoms with Gasteiger partial charge in [-0.25, -0.2) is 0 Å². The van der Waals surface area contributed by atoms with E-state index in [4.69, 9.17) is 32.5 Å². The third kappa shape index (κ3) is 3.41. The molecule has 0 aliphatic carbocycles. The Morgan fingerprint density at radius 2 is 2.17 bits per heavy atom. The Bertz CT molecular complexity index is 910. The van der Waals surface area contributed by atoms with Gasteiger partial charge in [0.05, 0.1) is 5.39 Å². The summed E-state index contributed by atoms with van der Waals surface area (Å²) in [6, 6.07) is 4.98. The first-order chi connectivity index (χ1) is 11.1. The molecule has 23 heavy (non-hydrogen) atoms. The van der Waals surface area contributed by atoms with Crippen LogP contribution in [0.25, 0.3) is 11.0 Å². The van der Waals surface area contributed by atoms with Crippen molar-refractivity contribution in [2.24, 2.45) is 0 Å². The van der Waals surface area contributed by atoms with Gasteiger partial charge in [-0.3, -0.25) is 4.79 Å². The largest absolute Gasteiger partial charge is 0.487 e. The van der Waals surface area contributed by atoms with Crippen LogP contribution in [0.1, 0.15) is 5.56 Å². The van der Waals surface area contributed by atoms with Crippen molar-refractivity contribution in [3.63, 3.8) is 0 Å². The highest BCUT2D eigenvalue weighted by atomic mass is 35.5. The molecule has 6 nitrogen and oxygen atoms in total. The minimum atomic E-state index is -0.367. The van der Waals surface area contributed by atoms with Crippen LogP contribution in [0.3, 0.4) is 0 Å². The molecule has 0 unspecified atom stereocenters. The number of aromatic amines is 1. The fourth-order valence-electron chi connectivity index (χ4n) is 1.96. The van der Waals surface area contributed by atoms with Crippen LogP contribution >= 0.6 is 35.1 Å². The first kappa shape index (κ1) is 16.0. The Hall–Kier alpha value is -1.83. The van der Waals surface area contributed by atoms with Crippen molar-refractivity contribution >= 4 is 51.9 Å². The lowest BCUT2D eigenvalue weighted by molar-refractivity contribution is 0.305. The molecule has 0 saturated heterocycles. The average Bonchev–Trinajstić information content (AvgIpc) is 2.91. The number of nitrogens with zero attached hydrogens (tertiary/aromatic N) is 1. The number of hydrogen-bond donors (Lipinski definition) is 2. The van der Waals surface area contributed by atoms with Crippen molar-refractivity contribution in [2.45, 2.75) is 6.61 Å². The van der Waals surface area contributed by atoms with E-state index in [0.29, 0.717) is 22.2 Å². The molecular formula is C14H11Cl2N3O3S. The molecule has 120 valence electrons. The molecule has 0 aliphatic rings. The number of halogens is 2. The van der Waals surface area contributed by atoms with Crippen molar-refractivity contribution in [2.75, 3.05) is 11.0 Å². The van der Waals surface area contributed by atoms with Gasteiger partial charge in [-0.2, -0.15) is 0 Å². The molecule has 2 heterocycles. The fraction of sp³-hybridized carbons (Fsp3) is 0.143. The molecule has 0 bridgehead atoms. The van der Waals surface area contributed by atoms with Gasteiger partial charge in [-0.05, 0) is 12.1 Å². The molecule has 3 aromatic rings. The molecule has 3 rings (SSSR count). The van der Waals surface area contributed by atoms with E-state index >= 15 is 0 Å². The number of H-pyrrole nitrogens is 1. The van der Waals surface area contributed by atoms with Crippen LogP contribution in [0.15, 0.2) is 33.7 Å². The quantitative estimate of drug-likeness (QED) is 0.657. The lowest BCUT2D eigenvalue weighted by Crippen LogP contribution is -2.06. The molecule has 2 N–H and O–H groups in total. The third-order valence-electron chi connectivity index (χ3n) is 3.06. The van der Waals surface area contributed by atoms with Crippen LogP contribution in [0, 0.1) is 0 Å². The predicted molar refractivity (Wildman–Crippen MR) is 92.6 cm³/mol. The smallest absolute Gasteiger partial charge is 0.266 e. The summed E-state index contributed by atoms with van der Waals surface area (Å²) < 4.78 is 13.9. The maximum atomic E-state index is 11.2. The van der Waals surface area contributed by atoms with E-state index in [1.54, 1.807) is 12.1 Å². The van der Waals surface area contributed by atoms with Gasteiger partial charge in [-0.1, -0.05) is 40.3 Å². The third-order valence-corrected chi connectivity index (χ3v) is 4.09. The first-order valence-electron chi connectivity index (χ1n) is 6.46. The van der Waals surface area contributed by atoms with E-state index in [-0.39, 0.29) is 17.2 Å². The second-order valence-corrected chi connectivity index (χ2v) is 6.01. The summed E-state index contributed by atoms with van der Waals surface area (Å²) in [7, 11) is 0. The van der Waals surface area contributed by atoms with Crippen molar-refractivity contribution in [1.29, 1.82) is 0 Å². The number of ether oxygens (including phenoxy) is 1. The normalized spacial score (nSPS) is 10.9. The topological polar surface area (TPSA) is 80.2 Å². The molecule has 0 amide bonds. The molecular weight excluding hydrogens is 361 g/mol. The zero-order chi connectivity index (χ0) is 16.4. The van der Waals surface area contributed by atoms with Crippen LogP contribution in [0.5, 0.6) is 5.75 Å². The Morgan fingerprint density at radius 1 is 1.35 bits per heavy atom. The highest BCUT2D eigenvalue weighted by Crippen LogP contribution is 2.30. The average molecular weight is 372 g/mol. The number of nitrogens with one attached hydrogen (secondary N) is 2. The Morgan fingerprint density at radius 3 is 2.91 bits per heavy atom. The number of anilines is 1. The highest BCUT2D eigenvalue weighted by Gasteiger charge is 2.12. The Balaban J connectivity index is 1.83. The van der Waals surface area contributed by atoms with E-state index in [9.17, 15) is 4.79 Å². The van der Waals surface area contributed by atoms with Crippen molar-refractivity contribution in [1.82, 2.24) is 10.1 Å². The summed E-state index contributed by atoms with van der Waals surface area (Å²) in [5, 5.41) is 5.33. The highest BCUT2D eigenvalue weighted by molar-refractivity contribution is 7.99. The van der Waals surface area contributed by atoms with E-state index in [0.717, 1.165) is 10.9 Å². The van der Waals surface area contributed by atoms with E-state index < -0.39 is 0 Å². The van der Waals surface area contributed by atoms with E-state index in [1.807, 2.05) is 6.26 Å². The predicted octanol–water partition coefficient (Wildman–Crippen LogP) is 4.09. The maximum Gasteiger partial charge on any atom is 0.266 e. The fourth-order valence-corrected chi connectivity index (χ4v) is 2.68. The van der Waals surface area contributed by atoms with E-state index in [1.165, 1.54) is 24.2 Å². The van der Waals surface area contributed by atoms with Crippen LogP contribution in [-0.2, 0) is 6.61 Å². The number of hydrogen-bond acceptors (Lipinski definition) is 6. The molecule has 9 heteroatoms. The minimum absolute atomic E-state index is 0.0621. The monoisotopic (exact) mass is 371 g/mol. The first-order valence-corrected chi connectivity index (χ1v) is 8.44. The van der Waals surface area contributed by atoms with E-state index in [2.05, 4.69) is 14.9 Å². The molecule has 0 aliphatic heterocycles. The van der Waals surface area contributed by atoms with Crippen LogP contribution in [-0.4, -0.2) is 16.4 Å². The Labute approximate surface area is 145 Å². The van der Waals surface area contributed by atoms with Gasteiger partial charge < -0.3 is 19.0 Å². The maximum absolute atomic E-state index is 11.2. The molecule has 0 fully saturated rings. The zero-order valence-electron chi connectivity index (χ0n) is 11.9.